The van der Waals surface area contributed by atoms with E-state index in [0.717, 1.165) is 28.2 Å². The third-order valence-electron chi connectivity index (χ3n) is 10.9. The van der Waals surface area contributed by atoms with Gasteiger partial charge in [-0.3, -0.25) is 0 Å². The number of anilines is 3. The molecule has 51 heavy (non-hydrogen) atoms. The van der Waals surface area contributed by atoms with Crippen molar-refractivity contribution >= 4 is 68.2 Å². The standard InChI is InChI=1S/C48H35NOSi/c1-51(2)45-28-26-40(31-43(45)47-46(51)29-27-42-41-14-8-9-15-44(41)50-48(42)47)49(38-22-18-34(19-23-38)32-10-4-3-5-11-32)39-24-20-35(21-25-39)37-17-16-33-12-6-7-13-36(33)30-37/h3-31H,1-2H3. The van der Waals surface area contributed by atoms with Crippen LogP contribution >= 0.6 is 0 Å². The van der Waals surface area contributed by atoms with Crippen molar-refractivity contribution < 1.29 is 4.42 Å². The van der Waals surface area contributed by atoms with Gasteiger partial charge in [0.25, 0.3) is 0 Å². The highest BCUT2D eigenvalue weighted by atomic mass is 28.3. The molecule has 1 aliphatic rings. The average molecular weight is 670 g/mol. The van der Waals surface area contributed by atoms with E-state index in [2.05, 4.69) is 194 Å². The van der Waals surface area contributed by atoms with Crippen molar-refractivity contribution in [1.29, 1.82) is 0 Å². The largest absolute Gasteiger partial charge is 0.455 e. The lowest BCUT2D eigenvalue weighted by atomic mass is 10.00. The summed E-state index contributed by atoms with van der Waals surface area (Å²) >= 11 is 0. The molecule has 0 atom stereocenters. The number of nitrogens with zero attached hydrogens (tertiary/aromatic N) is 1. The molecule has 0 spiro atoms. The van der Waals surface area contributed by atoms with E-state index in [1.165, 1.54) is 65.3 Å². The van der Waals surface area contributed by atoms with E-state index in [9.17, 15) is 0 Å². The monoisotopic (exact) mass is 669 g/mol. The third kappa shape index (κ3) is 4.77. The van der Waals surface area contributed by atoms with Gasteiger partial charge in [0.2, 0.25) is 0 Å². The van der Waals surface area contributed by atoms with Gasteiger partial charge in [-0.15, -0.1) is 0 Å². The van der Waals surface area contributed by atoms with Crippen molar-refractivity contribution in [2.45, 2.75) is 13.1 Å². The molecule has 2 nitrogen and oxygen atoms in total. The number of furan rings is 1. The highest BCUT2D eigenvalue weighted by Crippen LogP contribution is 2.43. The molecule has 1 aromatic heterocycles. The van der Waals surface area contributed by atoms with Gasteiger partial charge in [-0.05, 0) is 97.5 Å². The van der Waals surface area contributed by atoms with E-state index in [1.54, 1.807) is 0 Å². The van der Waals surface area contributed by atoms with Gasteiger partial charge >= 0.3 is 0 Å². The summed E-state index contributed by atoms with van der Waals surface area (Å²) in [5.41, 5.74) is 12.7. The van der Waals surface area contributed by atoms with E-state index in [-0.39, 0.29) is 0 Å². The predicted octanol–water partition coefficient (Wildman–Crippen LogP) is 12.3. The molecular weight excluding hydrogens is 635 g/mol. The first-order valence-corrected chi connectivity index (χ1v) is 20.7. The second-order valence-electron chi connectivity index (χ2n) is 14.2. The summed E-state index contributed by atoms with van der Waals surface area (Å²) in [6, 6.07) is 64.0. The fraction of sp³-hybridized carbons (Fsp3) is 0.0417. The first-order chi connectivity index (χ1) is 25.0. The van der Waals surface area contributed by atoms with Crippen LogP contribution in [0.2, 0.25) is 13.1 Å². The summed E-state index contributed by atoms with van der Waals surface area (Å²) in [4.78, 5) is 2.39. The molecule has 0 fully saturated rings. The van der Waals surface area contributed by atoms with E-state index in [1.807, 2.05) is 0 Å². The van der Waals surface area contributed by atoms with Crippen LogP contribution in [0.15, 0.2) is 180 Å². The Morgan fingerprint density at radius 1 is 0.431 bits per heavy atom. The van der Waals surface area contributed by atoms with Crippen LogP contribution in [0.5, 0.6) is 0 Å². The summed E-state index contributed by atoms with van der Waals surface area (Å²) < 4.78 is 6.66. The molecule has 10 rings (SSSR count). The Labute approximate surface area is 298 Å². The van der Waals surface area contributed by atoms with Crippen molar-refractivity contribution in [2.75, 3.05) is 4.90 Å². The number of benzene rings is 8. The second kappa shape index (κ2) is 11.4. The number of rotatable bonds is 5. The molecule has 242 valence electrons. The van der Waals surface area contributed by atoms with Gasteiger partial charge < -0.3 is 9.32 Å². The zero-order valence-corrected chi connectivity index (χ0v) is 29.6. The molecule has 0 radical (unpaired) electrons. The first kappa shape index (κ1) is 29.7. The topological polar surface area (TPSA) is 16.4 Å². The molecule has 0 saturated carbocycles. The van der Waals surface area contributed by atoms with Crippen LogP contribution in [0.4, 0.5) is 17.1 Å². The minimum Gasteiger partial charge on any atom is -0.455 e. The van der Waals surface area contributed by atoms with E-state index >= 15 is 0 Å². The summed E-state index contributed by atoms with van der Waals surface area (Å²) in [5.74, 6) is 0. The van der Waals surface area contributed by atoms with Crippen molar-refractivity contribution in [3.8, 4) is 33.4 Å². The van der Waals surface area contributed by atoms with Crippen LogP contribution in [0.1, 0.15) is 0 Å². The van der Waals surface area contributed by atoms with Gasteiger partial charge in [0.05, 0.1) is 0 Å². The van der Waals surface area contributed by atoms with Gasteiger partial charge in [0, 0.05) is 33.4 Å². The highest BCUT2D eigenvalue weighted by Gasteiger charge is 2.40. The second-order valence-corrected chi connectivity index (χ2v) is 18.5. The predicted molar refractivity (Wildman–Crippen MR) is 219 cm³/mol. The first-order valence-electron chi connectivity index (χ1n) is 17.7. The molecule has 3 heteroatoms. The molecule has 9 aromatic rings. The Morgan fingerprint density at radius 3 is 1.78 bits per heavy atom. The summed E-state index contributed by atoms with van der Waals surface area (Å²) in [5, 5.41) is 7.77. The molecule has 0 unspecified atom stereocenters. The molecule has 0 saturated heterocycles. The van der Waals surface area contributed by atoms with Gasteiger partial charge in [-0.2, -0.15) is 0 Å². The number of hydrogen-bond donors (Lipinski definition) is 0. The zero-order chi connectivity index (χ0) is 34.1. The van der Waals surface area contributed by atoms with Gasteiger partial charge in [0.1, 0.15) is 19.2 Å². The molecule has 8 aromatic carbocycles. The Hall–Kier alpha value is -6.16. The lowest BCUT2D eigenvalue weighted by molar-refractivity contribution is 0.670. The Bertz CT molecular complexity index is 2760. The summed E-state index contributed by atoms with van der Waals surface area (Å²) in [6.45, 7) is 4.94. The molecule has 0 amide bonds. The maximum Gasteiger partial charge on any atom is 0.143 e. The van der Waals surface area contributed by atoms with Crippen molar-refractivity contribution in [2.24, 2.45) is 0 Å². The lowest BCUT2D eigenvalue weighted by Gasteiger charge is -2.27. The smallest absolute Gasteiger partial charge is 0.143 e. The molecule has 0 aliphatic carbocycles. The SMILES string of the molecule is C[Si]1(C)c2ccc(N(c3ccc(-c4ccccc4)cc3)c3ccc(-c4ccc5ccccc5c4)cc3)cc2-c2c1ccc1c2oc2ccccc21. The van der Waals surface area contributed by atoms with Crippen LogP contribution in [0, 0.1) is 0 Å². The van der Waals surface area contributed by atoms with Crippen LogP contribution in [0.25, 0.3) is 66.1 Å². The maximum atomic E-state index is 6.66. The zero-order valence-electron chi connectivity index (χ0n) is 28.6. The van der Waals surface area contributed by atoms with Crippen molar-refractivity contribution in [3.63, 3.8) is 0 Å². The van der Waals surface area contributed by atoms with E-state index < -0.39 is 8.07 Å². The molecule has 0 bridgehead atoms. The Kier molecular flexibility index (Phi) is 6.67. The van der Waals surface area contributed by atoms with Crippen LogP contribution in [0.3, 0.4) is 0 Å². The maximum absolute atomic E-state index is 6.66. The van der Waals surface area contributed by atoms with Crippen LogP contribution in [-0.4, -0.2) is 8.07 Å². The molecule has 2 heterocycles. The van der Waals surface area contributed by atoms with E-state index in [0.29, 0.717) is 0 Å². The fourth-order valence-corrected chi connectivity index (χ4v) is 11.2. The van der Waals surface area contributed by atoms with Crippen molar-refractivity contribution in [1.82, 2.24) is 0 Å². The summed E-state index contributed by atoms with van der Waals surface area (Å²) in [6.07, 6.45) is 0. The number of fused-ring (bicyclic) bond motifs is 8. The van der Waals surface area contributed by atoms with Gasteiger partial charge in [-0.1, -0.05) is 140 Å². The summed E-state index contributed by atoms with van der Waals surface area (Å²) in [7, 11) is -1.95. The minimum atomic E-state index is -1.95. The molecule has 1 aliphatic heterocycles. The Balaban J connectivity index is 1.13. The van der Waals surface area contributed by atoms with Gasteiger partial charge in [0.15, 0.2) is 0 Å². The number of para-hydroxylation sites is 1. The molecule has 0 N–H and O–H groups in total. The van der Waals surface area contributed by atoms with Crippen molar-refractivity contribution in [3.05, 3.63) is 176 Å². The minimum absolute atomic E-state index is 0.941. The van der Waals surface area contributed by atoms with Crippen LogP contribution < -0.4 is 15.3 Å². The highest BCUT2D eigenvalue weighted by molar-refractivity contribution is 7.04. The van der Waals surface area contributed by atoms with Crippen LogP contribution in [-0.2, 0) is 0 Å². The normalized spacial score (nSPS) is 13.1. The fourth-order valence-electron chi connectivity index (χ4n) is 8.20. The molecular formula is C48H35NOSi. The Morgan fingerprint density at radius 2 is 1.02 bits per heavy atom. The quantitative estimate of drug-likeness (QED) is 0.170. The third-order valence-corrected chi connectivity index (χ3v) is 14.4. The van der Waals surface area contributed by atoms with E-state index in [4.69, 9.17) is 4.42 Å². The lowest BCUT2D eigenvalue weighted by Crippen LogP contribution is -2.49. The number of hydrogen-bond acceptors (Lipinski definition) is 2. The average Bonchev–Trinajstić information content (AvgIpc) is 3.67. The van der Waals surface area contributed by atoms with Gasteiger partial charge in [-0.25, -0.2) is 0 Å².